The number of carbonyl (C=O) groups excluding carboxylic acids is 1. The van der Waals surface area contributed by atoms with Gasteiger partial charge in [0.25, 0.3) is 11.5 Å². The highest BCUT2D eigenvalue weighted by Crippen LogP contribution is 2.22. The Kier molecular flexibility index (Phi) is 4.49. The summed E-state index contributed by atoms with van der Waals surface area (Å²) in [5.41, 5.74) is -0.172. The average Bonchev–Trinajstić information content (AvgIpc) is 2.45. The van der Waals surface area contributed by atoms with Crippen LogP contribution in [0.15, 0.2) is 16.9 Å². The molecule has 0 spiro atoms. The van der Waals surface area contributed by atoms with Gasteiger partial charge in [-0.25, -0.2) is 5.10 Å². The predicted octanol–water partition coefficient (Wildman–Crippen LogP) is 0.629. The molecule has 1 saturated heterocycles. The van der Waals surface area contributed by atoms with Crippen molar-refractivity contribution in [1.29, 1.82) is 0 Å². The summed E-state index contributed by atoms with van der Waals surface area (Å²) in [7, 11) is 0. The number of aromatic amines is 1. The first-order chi connectivity index (χ1) is 9.58. The molecule has 1 aliphatic heterocycles. The average molecular weight is 279 g/mol. The summed E-state index contributed by atoms with van der Waals surface area (Å²) < 4.78 is 0. The number of hydrogen-bond donors (Lipinski definition) is 2. The number of carboxylic acids is 1. The van der Waals surface area contributed by atoms with Gasteiger partial charge in [-0.1, -0.05) is 0 Å². The van der Waals surface area contributed by atoms with Gasteiger partial charge in [0.05, 0.1) is 0 Å². The molecule has 1 amide bonds. The van der Waals surface area contributed by atoms with E-state index in [2.05, 4.69) is 10.2 Å². The van der Waals surface area contributed by atoms with Crippen LogP contribution in [0.1, 0.15) is 42.6 Å². The lowest BCUT2D eigenvalue weighted by Crippen LogP contribution is -2.44. The second-order valence-corrected chi connectivity index (χ2v) is 4.89. The Labute approximate surface area is 115 Å². The van der Waals surface area contributed by atoms with Crippen molar-refractivity contribution in [1.82, 2.24) is 15.1 Å². The van der Waals surface area contributed by atoms with Crippen LogP contribution in [0.5, 0.6) is 0 Å². The van der Waals surface area contributed by atoms with E-state index < -0.39 is 5.97 Å². The lowest BCUT2D eigenvalue weighted by atomic mass is 9.97. The first kappa shape index (κ1) is 14.2. The van der Waals surface area contributed by atoms with Gasteiger partial charge in [0, 0.05) is 25.1 Å². The molecule has 1 aromatic rings. The van der Waals surface area contributed by atoms with Gasteiger partial charge in [0.2, 0.25) is 0 Å². The molecule has 1 aromatic heterocycles. The van der Waals surface area contributed by atoms with Crippen LogP contribution in [-0.2, 0) is 4.79 Å². The van der Waals surface area contributed by atoms with E-state index in [-0.39, 0.29) is 29.6 Å². The van der Waals surface area contributed by atoms with Gasteiger partial charge >= 0.3 is 5.97 Å². The number of carboxylic acid groups (broad SMARTS) is 1. The number of piperidine rings is 1. The Morgan fingerprint density at radius 3 is 2.85 bits per heavy atom. The first-order valence-corrected chi connectivity index (χ1v) is 6.66. The molecule has 0 aliphatic carbocycles. The SMILES string of the molecule is O=C(O)CCC1CCCCN1C(=O)c1ccc(=O)[nH]n1. The minimum absolute atomic E-state index is 0.0491. The molecule has 1 aliphatic rings. The molecule has 0 radical (unpaired) electrons. The molecule has 7 heteroatoms. The predicted molar refractivity (Wildman–Crippen MR) is 70.4 cm³/mol. The number of hydrogen-bond acceptors (Lipinski definition) is 4. The number of H-pyrrole nitrogens is 1. The third-order valence-electron chi connectivity index (χ3n) is 3.48. The molecule has 2 rings (SSSR count). The van der Waals surface area contributed by atoms with Crippen LogP contribution < -0.4 is 5.56 Å². The van der Waals surface area contributed by atoms with Crippen LogP contribution in [0.25, 0.3) is 0 Å². The fraction of sp³-hybridized carbons (Fsp3) is 0.538. The molecule has 1 fully saturated rings. The molecule has 7 nitrogen and oxygen atoms in total. The Morgan fingerprint density at radius 2 is 2.20 bits per heavy atom. The Balaban J connectivity index is 2.10. The van der Waals surface area contributed by atoms with Crippen LogP contribution in [0.2, 0.25) is 0 Å². The summed E-state index contributed by atoms with van der Waals surface area (Å²) >= 11 is 0. The van der Waals surface area contributed by atoms with Crippen molar-refractivity contribution in [2.75, 3.05) is 6.54 Å². The normalized spacial score (nSPS) is 18.8. The number of nitrogens with one attached hydrogen (secondary N) is 1. The van der Waals surface area contributed by atoms with E-state index in [1.807, 2.05) is 0 Å². The molecule has 0 saturated carbocycles. The molecular weight excluding hydrogens is 262 g/mol. The highest BCUT2D eigenvalue weighted by atomic mass is 16.4. The van der Waals surface area contributed by atoms with Crippen LogP contribution in [0.3, 0.4) is 0 Å². The first-order valence-electron chi connectivity index (χ1n) is 6.66. The van der Waals surface area contributed by atoms with Crippen molar-refractivity contribution in [2.24, 2.45) is 0 Å². The molecule has 0 bridgehead atoms. The number of carbonyl (C=O) groups is 2. The maximum Gasteiger partial charge on any atom is 0.303 e. The van der Waals surface area contributed by atoms with Gasteiger partial charge in [0.15, 0.2) is 0 Å². The fourth-order valence-corrected chi connectivity index (χ4v) is 2.47. The molecule has 20 heavy (non-hydrogen) atoms. The van der Waals surface area contributed by atoms with Crippen molar-refractivity contribution in [3.8, 4) is 0 Å². The van der Waals surface area contributed by atoms with Gasteiger partial charge < -0.3 is 10.0 Å². The molecule has 1 unspecified atom stereocenters. The van der Waals surface area contributed by atoms with Gasteiger partial charge in [-0.3, -0.25) is 14.4 Å². The minimum atomic E-state index is -0.856. The Bertz CT molecular complexity index is 534. The summed E-state index contributed by atoms with van der Waals surface area (Å²) in [6, 6.07) is 2.58. The van der Waals surface area contributed by atoms with Crippen molar-refractivity contribution < 1.29 is 14.7 Å². The summed E-state index contributed by atoms with van der Waals surface area (Å²) in [5.74, 6) is -1.11. The third kappa shape index (κ3) is 3.43. The van der Waals surface area contributed by atoms with E-state index in [9.17, 15) is 14.4 Å². The van der Waals surface area contributed by atoms with E-state index in [4.69, 9.17) is 5.11 Å². The summed E-state index contributed by atoms with van der Waals surface area (Å²) in [6.45, 7) is 0.601. The van der Waals surface area contributed by atoms with E-state index >= 15 is 0 Å². The maximum absolute atomic E-state index is 12.4. The molecule has 108 valence electrons. The van der Waals surface area contributed by atoms with E-state index in [0.717, 1.165) is 19.3 Å². The summed E-state index contributed by atoms with van der Waals surface area (Å²) in [4.78, 5) is 35.7. The smallest absolute Gasteiger partial charge is 0.303 e. The third-order valence-corrected chi connectivity index (χ3v) is 3.48. The molecule has 2 N–H and O–H groups in total. The van der Waals surface area contributed by atoms with Crippen LogP contribution in [0, 0.1) is 0 Å². The van der Waals surface area contributed by atoms with Crippen molar-refractivity contribution in [3.63, 3.8) is 0 Å². The Hall–Kier alpha value is -2.18. The monoisotopic (exact) mass is 279 g/mol. The molecule has 0 aromatic carbocycles. The topological polar surface area (TPSA) is 103 Å². The van der Waals surface area contributed by atoms with Crippen molar-refractivity contribution in [2.45, 2.75) is 38.1 Å². The van der Waals surface area contributed by atoms with Gasteiger partial charge in [-0.2, -0.15) is 5.10 Å². The Morgan fingerprint density at radius 1 is 1.40 bits per heavy atom. The highest BCUT2D eigenvalue weighted by molar-refractivity contribution is 5.92. The van der Waals surface area contributed by atoms with Crippen LogP contribution in [0.4, 0.5) is 0 Å². The second-order valence-electron chi connectivity index (χ2n) is 4.89. The molecular formula is C13H17N3O4. The number of rotatable bonds is 4. The lowest BCUT2D eigenvalue weighted by molar-refractivity contribution is -0.137. The summed E-state index contributed by atoms with van der Waals surface area (Å²) in [6.07, 6.45) is 3.20. The maximum atomic E-state index is 12.4. The van der Waals surface area contributed by atoms with E-state index in [1.165, 1.54) is 12.1 Å². The van der Waals surface area contributed by atoms with Gasteiger partial charge in [-0.05, 0) is 31.7 Å². The quantitative estimate of drug-likeness (QED) is 0.841. The number of likely N-dealkylation sites (tertiary alicyclic amines) is 1. The number of nitrogens with zero attached hydrogens (tertiary/aromatic N) is 2. The highest BCUT2D eigenvalue weighted by Gasteiger charge is 2.28. The number of amides is 1. The van der Waals surface area contributed by atoms with Gasteiger partial charge in [-0.15, -0.1) is 0 Å². The van der Waals surface area contributed by atoms with Gasteiger partial charge in [0.1, 0.15) is 5.69 Å². The lowest BCUT2D eigenvalue weighted by Gasteiger charge is -2.35. The molecule has 1 atom stereocenters. The standard InChI is InChI=1S/C13H17N3O4/c17-11-6-5-10(14-15-11)13(20)16-8-2-1-3-9(16)4-7-12(18)19/h5-6,9H,1-4,7-8H2,(H,15,17)(H,18,19). The van der Waals surface area contributed by atoms with Crippen molar-refractivity contribution >= 4 is 11.9 Å². The summed E-state index contributed by atoms with van der Waals surface area (Å²) in [5, 5.41) is 14.7. The zero-order valence-electron chi connectivity index (χ0n) is 11.0. The van der Waals surface area contributed by atoms with Crippen LogP contribution in [-0.4, -0.2) is 44.7 Å². The van der Waals surface area contributed by atoms with E-state index in [0.29, 0.717) is 13.0 Å². The minimum Gasteiger partial charge on any atom is -0.481 e. The largest absolute Gasteiger partial charge is 0.481 e. The fourth-order valence-electron chi connectivity index (χ4n) is 2.47. The second kappa shape index (κ2) is 6.31. The zero-order valence-corrected chi connectivity index (χ0v) is 11.0. The van der Waals surface area contributed by atoms with Crippen LogP contribution >= 0.6 is 0 Å². The number of aromatic nitrogens is 2. The zero-order chi connectivity index (χ0) is 14.5. The van der Waals surface area contributed by atoms with E-state index in [1.54, 1.807) is 4.90 Å². The van der Waals surface area contributed by atoms with Crippen molar-refractivity contribution in [3.05, 3.63) is 28.2 Å². The molecule has 2 heterocycles. The number of aliphatic carboxylic acids is 1.